The van der Waals surface area contributed by atoms with E-state index >= 15 is 0 Å². The third-order valence-electron chi connectivity index (χ3n) is 4.67. The van der Waals surface area contributed by atoms with Crippen LogP contribution in [-0.2, 0) is 11.2 Å². The molecule has 2 aliphatic heterocycles. The molecule has 0 aromatic heterocycles. The molecule has 0 amide bonds. The van der Waals surface area contributed by atoms with Gasteiger partial charge in [0.25, 0.3) is 0 Å². The van der Waals surface area contributed by atoms with E-state index in [2.05, 4.69) is 41.5 Å². The number of halogens is 1. The number of nitrogens with one attached hydrogen (secondary N) is 2. The molecule has 1 aromatic rings. The van der Waals surface area contributed by atoms with Gasteiger partial charge >= 0.3 is 0 Å². The minimum Gasteiger partial charge on any atom is -0.454 e. The fourth-order valence-corrected chi connectivity index (χ4v) is 3.12. The molecule has 1 aromatic carbocycles. The number of rotatable bonds is 7. The SMILES string of the molecule is CCNC(=NCC(C)N1CCOCC1)NCCc1ccc2c(c1)OCO2.I. The summed E-state index contributed by atoms with van der Waals surface area (Å²) in [6.45, 7) is 10.7. The Morgan fingerprint density at radius 2 is 1.96 bits per heavy atom. The summed E-state index contributed by atoms with van der Waals surface area (Å²) in [5.74, 6) is 2.53. The van der Waals surface area contributed by atoms with Crippen molar-refractivity contribution in [3.8, 4) is 11.5 Å². The van der Waals surface area contributed by atoms with Gasteiger partial charge in [0.2, 0.25) is 6.79 Å². The van der Waals surface area contributed by atoms with Crippen LogP contribution in [-0.4, -0.2) is 69.6 Å². The van der Waals surface area contributed by atoms with Gasteiger partial charge in [0, 0.05) is 32.2 Å². The third-order valence-corrected chi connectivity index (χ3v) is 4.67. The number of hydrogen-bond donors (Lipinski definition) is 2. The molecule has 2 heterocycles. The van der Waals surface area contributed by atoms with Crippen LogP contribution in [0.25, 0.3) is 0 Å². The molecule has 0 saturated carbocycles. The molecule has 2 N–H and O–H groups in total. The van der Waals surface area contributed by atoms with Crippen molar-refractivity contribution in [3.05, 3.63) is 23.8 Å². The van der Waals surface area contributed by atoms with Crippen molar-refractivity contribution in [3.63, 3.8) is 0 Å². The van der Waals surface area contributed by atoms with Gasteiger partial charge < -0.3 is 24.8 Å². The highest BCUT2D eigenvalue weighted by atomic mass is 127. The Morgan fingerprint density at radius 1 is 1.19 bits per heavy atom. The maximum atomic E-state index is 5.44. The van der Waals surface area contributed by atoms with Crippen LogP contribution in [0, 0.1) is 0 Å². The lowest BCUT2D eigenvalue weighted by molar-refractivity contribution is 0.0220. The Labute approximate surface area is 178 Å². The van der Waals surface area contributed by atoms with Gasteiger partial charge in [0.05, 0.1) is 19.8 Å². The van der Waals surface area contributed by atoms with E-state index in [9.17, 15) is 0 Å². The van der Waals surface area contributed by atoms with E-state index in [0.29, 0.717) is 12.8 Å². The third kappa shape index (κ3) is 6.69. The highest BCUT2D eigenvalue weighted by molar-refractivity contribution is 14.0. The molecule has 0 aliphatic carbocycles. The van der Waals surface area contributed by atoms with Crippen molar-refractivity contribution in [1.29, 1.82) is 0 Å². The van der Waals surface area contributed by atoms with Crippen LogP contribution in [0.15, 0.2) is 23.2 Å². The number of nitrogens with zero attached hydrogens (tertiary/aromatic N) is 2. The standard InChI is InChI=1S/C19H30N4O3.HI/c1-3-20-19(22-13-15(2)23-8-10-24-11-9-23)21-7-6-16-4-5-17-18(12-16)26-14-25-17;/h4-5,12,15H,3,6-11,13-14H2,1-2H3,(H2,20,21,22);1H. The predicted octanol–water partition coefficient (Wildman–Crippen LogP) is 1.85. The maximum absolute atomic E-state index is 5.44. The van der Waals surface area contributed by atoms with Gasteiger partial charge in [-0.15, -0.1) is 24.0 Å². The normalized spacial score (nSPS) is 17.9. The van der Waals surface area contributed by atoms with Gasteiger partial charge in [-0.05, 0) is 38.0 Å². The number of ether oxygens (including phenoxy) is 3. The highest BCUT2D eigenvalue weighted by Crippen LogP contribution is 2.32. The molecule has 1 fully saturated rings. The second kappa shape index (κ2) is 11.6. The predicted molar refractivity (Wildman–Crippen MR) is 118 cm³/mol. The number of benzene rings is 1. The van der Waals surface area contributed by atoms with Crippen LogP contribution < -0.4 is 20.1 Å². The largest absolute Gasteiger partial charge is 0.454 e. The summed E-state index contributed by atoms with van der Waals surface area (Å²) in [6, 6.07) is 6.53. The number of hydrogen-bond acceptors (Lipinski definition) is 5. The summed E-state index contributed by atoms with van der Waals surface area (Å²) in [6.07, 6.45) is 0.903. The van der Waals surface area contributed by atoms with Crippen LogP contribution in [0.5, 0.6) is 11.5 Å². The molecule has 1 unspecified atom stereocenters. The monoisotopic (exact) mass is 490 g/mol. The molecule has 0 spiro atoms. The maximum Gasteiger partial charge on any atom is 0.231 e. The zero-order valence-corrected chi connectivity index (χ0v) is 18.5. The molecule has 152 valence electrons. The summed E-state index contributed by atoms with van der Waals surface area (Å²) >= 11 is 0. The van der Waals surface area contributed by atoms with Gasteiger partial charge in [-0.3, -0.25) is 9.89 Å². The zero-order chi connectivity index (χ0) is 18.2. The fourth-order valence-electron chi connectivity index (χ4n) is 3.12. The highest BCUT2D eigenvalue weighted by Gasteiger charge is 2.16. The molecule has 1 saturated heterocycles. The lowest BCUT2D eigenvalue weighted by Gasteiger charge is -2.31. The molecule has 0 radical (unpaired) electrons. The van der Waals surface area contributed by atoms with Gasteiger partial charge in [0.15, 0.2) is 17.5 Å². The van der Waals surface area contributed by atoms with Crippen LogP contribution in [0.4, 0.5) is 0 Å². The molecule has 27 heavy (non-hydrogen) atoms. The molecule has 1 atom stereocenters. The van der Waals surface area contributed by atoms with Crippen LogP contribution in [0.1, 0.15) is 19.4 Å². The fraction of sp³-hybridized carbons (Fsp3) is 0.632. The Morgan fingerprint density at radius 3 is 2.74 bits per heavy atom. The number of morpholine rings is 1. The first-order chi connectivity index (χ1) is 12.8. The topological polar surface area (TPSA) is 67.4 Å². The number of aliphatic imine (C=N–C) groups is 1. The van der Waals surface area contributed by atoms with Gasteiger partial charge in [-0.2, -0.15) is 0 Å². The van der Waals surface area contributed by atoms with Crippen molar-refractivity contribution in [2.45, 2.75) is 26.3 Å². The lowest BCUT2D eigenvalue weighted by Crippen LogP contribution is -2.44. The van der Waals surface area contributed by atoms with E-state index in [1.54, 1.807) is 0 Å². The Bertz CT molecular complexity index is 609. The molecule has 8 heteroatoms. The van der Waals surface area contributed by atoms with Crippen LogP contribution >= 0.6 is 24.0 Å². The van der Waals surface area contributed by atoms with E-state index in [1.165, 1.54) is 5.56 Å². The Hall–Kier alpha value is -1.26. The van der Waals surface area contributed by atoms with E-state index in [4.69, 9.17) is 19.2 Å². The summed E-state index contributed by atoms with van der Waals surface area (Å²) in [4.78, 5) is 7.18. The lowest BCUT2D eigenvalue weighted by atomic mass is 10.1. The molecule has 0 bridgehead atoms. The van der Waals surface area contributed by atoms with Crippen molar-refractivity contribution in [2.24, 2.45) is 4.99 Å². The molecular formula is C19H31IN4O3. The molecular weight excluding hydrogens is 459 g/mol. The second-order valence-corrected chi connectivity index (χ2v) is 6.58. The average Bonchev–Trinajstić information content (AvgIpc) is 3.14. The number of fused-ring (bicyclic) bond motifs is 1. The van der Waals surface area contributed by atoms with Crippen molar-refractivity contribution in [2.75, 3.05) is 52.7 Å². The Balaban J connectivity index is 0.00000261. The van der Waals surface area contributed by atoms with Crippen molar-refractivity contribution >= 4 is 29.9 Å². The van der Waals surface area contributed by atoms with Gasteiger partial charge in [0.1, 0.15) is 0 Å². The van der Waals surface area contributed by atoms with E-state index < -0.39 is 0 Å². The van der Waals surface area contributed by atoms with Crippen LogP contribution in [0.2, 0.25) is 0 Å². The quantitative estimate of drug-likeness (QED) is 0.346. The summed E-state index contributed by atoms with van der Waals surface area (Å²) in [5.41, 5.74) is 1.22. The first kappa shape index (κ1) is 22.0. The van der Waals surface area contributed by atoms with Crippen molar-refractivity contribution in [1.82, 2.24) is 15.5 Å². The summed E-state index contributed by atoms with van der Waals surface area (Å²) in [5, 5.41) is 6.74. The van der Waals surface area contributed by atoms with Crippen molar-refractivity contribution < 1.29 is 14.2 Å². The Kier molecular flexibility index (Phi) is 9.43. The summed E-state index contributed by atoms with van der Waals surface area (Å²) < 4.78 is 16.2. The minimum absolute atomic E-state index is 0. The molecule has 2 aliphatic rings. The van der Waals surface area contributed by atoms with E-state index in [0.717, 1.165) is 69.8 Å². The first-order valence-electron chi connectivity index (χ1n) is 9.48. The van der Waals surface area contributed by atoms with Gasteiger partial charge in [-0.1, -0.05) is 6.07 Å². The molecule has 3 rings (SSSR count). The second-order valence-electron chi connectivity index (χ2n) is 6.58. The first-order valence-corrected chi connectivity index (χ1v) is 9.48. The summed E-state index contributed by atoms with van der Waals surface area (Å²) in [7, 11) is 0. The number of guanidine groups is 1. The van der Waals surface area contributed by atoms with Crippen LogP contribution in [0.3, 0.4) is 0 Å². The van der Waals surface area contributed by atoms with E-state index in [1.807, 2.05) is 6.07 Å². The minimum atomic E-state index is 0. The zero-order valence-electron chi connectivity index (χ0n) is 16.2. The smallest absolute Gasteiger partial charge is 0.231 e. The average molecular weight is 490 g/mol. The van der Waals surface area contributed by atoms with Gasteiger partial charge in [-0.25, -0.2) is 0 Å². The van der Waals surface area contributed by atoms with E-state index in [-0.39, 0.29) is 24.0 Å². The molecule has 7 nitrogen and oxygen atoms in total.